The molecule has 12 heteroatoms. The number of thiol groups is 1. The van der Waals surface area contributed by atoms with Gasteiger partial charge in [0.2, 0.25) is 27.2 Å². The van der Waals surface area contributed by atoms with Crippen molar-refractivity contribution in [1.82, 2.24) is 0 Å². The minimum absolute atomic E-state index is 0.00455. The number of hydrogen-bond donors (Lipinski definition) is 1. The van der Waals surface area contributed by atoms with Crippen molar-refractivity contribution in [3.05, 3.63) is 82.2 Å². The summed E-state index contributed by atoms with van der Waals surface area (Å²) in [6.07, 6.45) is 48.9. The summed E-state index contributed by atoms with van der Waals surface area (Å²) in [6.45, 7) is 9.22. The Morgan fingerprint density at radius 2 is 0.420 bits per heavy atom. The molecule has 4 aromatic rings. The largest absolute Gasteiger partial charge is 0.456 e. The summed E-state index contributed by atoms with van der Waals surface area (Å²) < 4.78 is 58.0. The molecule has 1 aliphatic carbocycles. The van der Waals surface area contributed by atoms with Gasteiger partial charge in [0.25, 0.3) is 0 Å². The summed E-state index contributed by atoms with van der Waals surface area (Å²) >= 11 is 18.3. The molecule has 0 radical (unpaired) electrons. The number of hydrogen-bond acceptors (Lipinski definition) is 9. The fraction of sp³-hybridized carbons (Fsp3) is 0.684. The molecule has 4 unspecified atom stereocenters. The van der Waals surface area contributed by atoms with E-state index in [4.69, 9.17) is 50.5 Å². The lowest BCUT2D eigenvalue weighted by molar-refractivity contribution is 0.0932. The molecule has 0 amide bonds. The highest BCUT2D eigenvalue weighted by Crippen LogP contribution is 2.60. The molecule has 9 rings (SSSR count). The zero-order chi connectivity index (χ0) is 61.5. The molecule has 8 nitrogen and oxygen atoms in total. The molecule has 8 bridgehead atoms. The Morgan fingerprint density at radius 1 is 0.261 bits per heavy atom. The van der Waals surface area contributed by atoms with Gasteiger partial charge in [-0.3, -0.25) is 0 Å². The van der Waals surface area contributed by atoms with Crippen molar-refractivity contribution in [2.75, 3.05) is 27.2 Å². The number of unbranched alkanes of at least 4 members (excludes halogenated alkanes) is 32. The van der Waals surface area contributed by atoms with Crippen molar-refractivity contribution in [3.8, 4) is 46.0 Å². The van der Waals surface area contributed by atoms with Gasteiger partial charge in [-0.25, -0.2) is 0 Å². The van der Waals surface area contributed by atoms with Crippen LogP contribution in [0.4, 0.5) is 0 Å². The Hall–Kier alpha value is -2.93. The normalized spacial score (nSPS) is 17.6. The minimum atomic E-state index is -0.0907. The molecule has 5 aliphatic rings. The maximum atomic E-state index is 6.95. The van der Waals surface area contributed by atoms with E-state index in [1.54, 1.807) is 0 Å². The van der Waals surface area contributed by atoms with Gasteiger partial charge in [-0.1, -0.05) is 259 Å². The SMILES string of the molecule is CCCCCCCCCCCC1c2cc3c4c(S)c2OCOc2c1cc1c(c2Br)OCOc2c(cc5c(c2Br)OCOc2c(cc(c(c2Br)OCO4)C3CCCCCCCCCCC)C5CCCCCCCCCCC)C1CCCCCCCCCCC. The third kappa shape index (κ3) is 17.8. The molecule has 0 saturated carbocycles. The molecule has 0 aromatic heterocycles. The van der Waals surface area contributed by atoms with Gasteiger partial charge in [-0.05, 0) is 97.7 Å². The third-order valence-corrected chi connectivity index (χ3v) is 22.5. The highest BCUT2D eigenvalue weighted by atomic mass is 79.9. The van der Waals surface area contributed by atoms with Gasteiger partial charge in [-0.2, -0.15) is 0 Å². The fourth-order valence-corrected chi connectivity index (χ4v) is 17.5. The van der Waals surface area contributed by atoms with E-state index in [2.05, 4.69) is 99.8 Å². The lowest BCUT2D eigenvalue weighted by Crippen LogP contribution is -2.23. The van der Waals surface area contributed by atoms with Gasteiger partial charge in [0, 0.05) is 68.2 Å². The van der Waals surface area contributed by atoms with Crippen LogP contribution in [0.2, 0.25) is 0 Å². The summed E-state index contributed by atoms with van der Waals surface area (Å²) in [4.78, 5) is 0.707. The van der Waals surface area contributed by atoms with E-state index >= 15 is 0 Å². The summed E-state index contributed by atoms with van der Waals surface area (Å²) in [7, 11) is 0. The Balaban J connectivity index is 1.23. The second-order valence-electron chi connectivity index (χ2n) is 26.4. The Labute approximate surface area is 562 Å². The van der Waals surface area contributed by atoms with Crippen LogP contribution in [0, 0.1) is 0 Å². The lowest BCUT2D eigenvalue weighted by atomic mass is 9.76. The smallest absolute Gasteiger partial charge is 0.231 e. The van der Waals surface area contributed by atoms with Crippen molar-refractivity contribution in [2.24, 2.45) is 0 Å². The lowest BCUT2D eigenvalue weighted by Gasteiger charge is -2.36. The van der Waals surface area contributed by atoms with E-state index < -0.39 is 0 Å². The summed E-state index contributed by atoms with van der Waals surface area (Å²) in [6, 6.07) is 9.96. The molecular weight excluding hydrogens is 1310 g/mol. The van der Waals surface area contributed by atoms with Crippen LogP contribution in [-0.4, -0.2) is 27.2 Å². The Kier molecular flexibility index (Phi) is 29.3. The average Bonchev–Trinajstić information content (AvgIpc) is 0.797. The molecule has 0 spiro atoms. The number of benzene rings is 4. The van der Waals surface area contributed by atoms with Gasteiger partial charge in [-0.15, -0.1) is 12.6 Å². The number of rotatable bonds is 40. The van der Waals surface area contributed by atoms with Gasteiger partial charge in [0.1, 0.15) is 59.4 Å². The number of ether oxygens (including phenoxy) is 8. The molecule has 88 heavy (non-hydrogen) atoms. The first-order valence-corrected chi connectivity index (χ1v) is 38.6. The molecular formula is C76H109Br3O8S. The molecule has 0 saturated heterocycles. The molecule has 0 fully saturated rings. The Bertz CT molecular complexity index is 2310. The van der Waals surface area contributed by atoms with E-state index in [9.17, 15) is 0 Å². The molecule has 4 heterocycles. The van der Waals surface area contributed by atoms with E-state index in [1.807, 2.05) is 0 Å². The molecule has 4 atom stereocenters. The zero-order valence-corrected chi connectivity index (χ0v) is 60.2. The average molecular weight is 1420 g/mol. The number of halogens is 3. The monoisotopic (exact) mass is 1420 g/mol. The second-order valence-corrected chi connectivity index (χ2v) is 29.3. The van der Waals surface area contributed by atoms with Crippen molar-refractivity contribution in [3.63, 3.8) is 0 Å². The maximum absolute atomic E-state index is 6.95. The van der Waals surface area contributed by atoms with Crippen LogP contribution in [0.25, 0.3) is 0 Å². The van der Waals surface area contributed by atoms with Crippen LogP contribution < -0.4 is 37.9 Å². The van der Waals surface area contributed by atoms with E-state index in [-0.39, 0.29) is 50.8 Å². The topological polar surface area (TPSA) is 73.8 Å². The predicted octanol–water partition coefficient (Wildman–Crippen LogP) is 25.7. The Morgan fingerprint density at radius 3 is 0.614 bits per heavy atom. The van der Waals surface area contributed by atoms with Gasteiger partial charge < -0.3 is 37.9 Å². The highest BCUT2D eigenvalue weighted by Gasteiger charge is 2.41. The van der Waals surface area contributed by atoms with E-state index in [0.29, 0.717) is 4.90 Å². The van der Waals surface area contributed by atoms with Crippen molar-refractivity contribution in [2.45, 2.75) is 313 Å². The van der Waals surface area contributed by atoms with Gasteiger partial charge in [0.05, 0.1) is 4.90 Å². The van der Waals surface area contributed by atoms with E-state index in [0.717, 1.165) is 159 Å². The van der Waals surface area contributed by atoms with Crippen molar-refractivity contribution in [1.29, 1.82) is 0 Å². The molecule has 4 aromatic carbocycles. The standard InChI is InChI=1S/C76H109Br3O8S/c1-5-9-13-17-21-25-29-33-37-41-53-57-45-58-54(42-38-34-30-26-22-18-14-10-6-2)60-47-62-56(44-40-36-32-28-24-20-16-12-8-4)64-48-63-55(43-39-35-31-27-23-19-15-11-7-3)61-46-59(53)70-66(78)72(61)84-51-86-74(63)76(88)75(64)87-52-85-73(62)67(79)71(60)83-50-81-69(58)65(77)68(57)80-49-82-70/h45-48,53-56,88H,5-44,49-52H2,1-4H3. The first kappa shape index (κ1) is 69.4. The van der Waals surface area contributed by atoms with Crippen LogP contribution >= 0.6 is 60.4 Å². The van der Waals surface area contributed by atoms with Crippen molar-refractivity contribution < 1.29 is 37.9 Å². The van der Waals surface area contributed by atoms with Crippen LogP contribution in [0.5, 0.6) is 46.0 Å². The summed E-state index contributed by atoms with van der Waals surface area (Å²) in [5, 5.41) is 0. The molecule has 488 valence electrons. The quantitative estimate of drug-likeness (QED) is 0.0349. The summed E-state index contributed by atoms with van der Waals surface area (Å²) in [5.74, 6) is 5.80. The van der Waals surface area contributed by atoms with Crippen LogP contribution in [0.3, 0.4) is 0 Å². The first-order valence-electron chi connectivity index (χ1n) is 35.8. The maximum Gasteiger partial charge on any atom is 0.231 e. The molecule has 0 N–H and O–H groups in total. The third-order valence-electron chi connectivity index (χ3n) is 20.0. The highest BCUT2D eigenvalue weighted by molar-refractivity contribution is 9.11. The van der Waals surface area contributed by atoms with Crippen molar-refractivity contribution >= 4 is 60.4 Å². The van der Waals surface area contributed by atoms with Gasteiger partial charge >= 0.3 is 0 Å². The summed E-state index contributed by atoms with van der Waals surface area (Å²) in [5.41, 5.74) is 9.28. The van der Waals surface area contributed by atoms with Crippen LogP contribution in [-0.2, 0) is 0 Å². The van der Waals surface area contributed by atoms with Crippen LogP contribution in [0.1, 0.15) is 353 Å². The fourth-order valence-electron chi connectivity index (χ4n) is 15.0. The second kappa shape index (κ2) is 37.1. The van der Waals surface area contributed by atoms with E-state index in [1.165, 1.54) is 202 Å². The first-order chi connectivity index (χ1) is 43.3. The zero-order valence-electron chi connectivity index (χ0n) is 54.6. The minimum Gasteiger partial charge on any atom is -0.456 e. The molecule has 4 aliphatic heterocycles. The van der Waals surface area contributed by atoms with Gasteiger partial charge in [0.15, 0.2) is 0 Å². The van der Waals surface area contributed by atoms with Crippen LogP contribution in [0.15, 0.2) is 42.6 Å². The predicted molar refractivity (Wildman–Crippen MR) is 375 cm³/mol.